The highest BCUT2D eigenvalue weighted by atomic mass is 16.1. The molecule has 1 aliphatic rings. The molecule has 0 heterocycles. The number of hydrogen-bond donors (Lipinski definition) is 1. The van der Waals surface area contributed by atoms with Crippen molar-refractivity contribution in [3.63, 3.8) is 0 Å². The van der Waals surface area contributed by atoms with Crippen LogP contribution in [0.2, 0.25) is 0 Å². The van der Waals surface area contributed by atoms with Crippen LogP contribution >= 0.6 is 0 Å². The van der Waals surface area contributed by atoms with Crippen LogP contribution in [0.1, 0.15) is 46.0 Å². The summed E-state index contributed by atoms with van der Waals surface area (Å²) in [6.45, 7) is 3.99. The number of rotatable bonds is 5. The number of Topliss-reactive ketones (excluding diaryl/α,β-unsaturated/α-hetero) is 1. The van der Waals surface area contributed by atoms with Crippen molar-refractivity contribution in [2.24, 2.45) is 11.7 Å². The van der Waals surface area contributed by atoms with Gasteiger partial charge in [0.25, 0.3) is 0 Å². The fraction of sp³-hybridized carbons (Fsp3) is 0.900. The molecule has 1 saturated carbocycles. The number of carbonyl (C=O) groups is 1. The Bertz CT molecular complexity index is 169. The molecular formula is C10H19NO. The monoisotopic (exact) mass is 169 g/mol. The molecule has 70 valence electrons. The predicted molar refractivity (Wildman–Crippen MR) is 49.8 cm³/mol. The summed E-state index contributed by atoms with van der Waals surface area (Å²) in [5, 5.41) is 0. The van der Waals surface area contributed by atoms with Gasteiger partial charge in [-0.05, 0) is 31.6 Å². The second kappa shape index (κ2) is 3.56. The smallest absolute Gasteiger partial charge is 0.152 e. The molecule has 0 saturated heterocycles. The van der Waals surface area contributed by atoms with Gasteiger partial charge in [-0.2, -0.15) is 0 Å². The van der Waals surface area contributed by atoms with Gasteiger partial charge in [0.1, 0.15) is 0 Å². The van der Waals surface area contributed by atoms with Gasteiger partial charge in [0.2, 0.25) is 0 Å². The minimum Gasteiger partial charge on any atom is -0.319 e. The third-order valence-electron chi connectivity index (χ3n) is 2.99. The van der Waals surface area contributed by atoms with Crippen LogP contribution < -0.4 is 5.73 Å². The number of carbonyl (C=O) groups excluding carboxylic acids is 1. The number of nitrogens with two attached hydrogens (primary N) is 1. The first-order valence-electron chi connectivity index (χ1n) is 4.94. The van der Waals surface area contributed by atoms with Crippen molar-refractivity contribution in [1.29, 1.82) is 0 Å². The first-order chi connectivity index (χ1) is 5.62. The average Bonchev–Trinajstić information content (AvgIpc) is 2.86. The highest BCUT2D eigenvalue weighted by Crippen LogP contribution is 2.34. The number of ketones is 1. The van der Waals surface area contributed by atoms with Crippen LogP contribution in [0.4, 0.5) is 0 Å². The quantitative estimate of drug-likeness (QED) is 0.682. The second-order valence-electron chi connectivity index (χ2n) is 3.93. The maximum absolute atomic E-state index is 11.7. The van der Waals surface area contributed by atoms with Gasteiger partial charge < -0.3 is 5.73 Å². The van der Waals surface area contributed by atoms with Crippen molar-refractivity contribution in [3.05, 3.63) is 0 Å². The molecule has 0 radical (unpaired) electrons. The van der Waals surface area contributed by atoms with Gasteiger partial charge >= 0.3 is 0 Å². The van der Waals surface area contributed by atoms with E-state index in [0.717, 1.165) is 19.3 Å². The summed E-state index contributed by atoms with van der Waals surface area (Å²) in [5.41, 5.74) is 5.44. The first-order valence-corrected chi connectivity index (χ1v) is 4.94. The van der Waals surface area contributed by atoms with Crippen LogP contribution in [-0.2, 0) is 4.79 Å². The Balaban J connectivity index is 2.45. The molecule has 0 atom stereocenters. The largest absolute Gasteiger partial charge is 0.319 e. The number of hydrogen-bond acceptors (Lipinski definition) is 2. The molecular weight excluding hydrogens is 150 g/mol. The molecule has 0 aliphatic heterocycles. The Labute approximate surface area is 74.5 Å². The maximum Gasteiger partial charge on any atom is 0.152 e. The Morgan fingerprint density at radius 3 is 2.25 bits per heavy atom. The van der Waals surface area contributed by atoms with Gasteiger partial charge in [-0.15, -0.1) is 0 Å². The Kier molecular flexibility index (Phi) is 2.89. The second-order valence-corrected chi connectivity index (χ2v) is 3.93. The molecule has 1 rings (SSSR count). The van der Waals surface area contributed by atoms with Crippen molar-refractivity contribution < 1.29 is 4.79 Å². The molecule has 2 heteroatoms. The van der Waals surface area contributed by atoms with Crippen LogP contribution in [0, 0.1) is 5.92 Å². The lowest BCUT2D eigenvalue weighted by Crippen LogP contribution is -2.46. The summed E-state index contributed by atoms with van der Waals surface area (Å²) in [5.74, 6) is 0.938. The van der Waals surface area contributed by atoms with E-state index in [4.69, 9.17) is 5.73 Å². The van der Waals surface area contributed by atoms with E-state index in [1.807, 2.05) is 13.8 Å². The minimum atomic E-state index is -0.525. The molecule has 0 amide bonds. The molecule has 2 nitrogen and oxygen atoms in total. The highest BCUT2D eigenvalue weighted by molar-refractivity contribution is 5.88. The summed E-state index contributed by atoms with van der Waals surface area (Å²) >= 11 is 0. The van der Waals surface area contributed by atoms with Crippen molar-refractivity contribution in [3.8, 4) is 0 Å². The van der Waals surface area contributed by atoms with E-state index in [2.05, 4.69) is 0 Å². The predicted octanol–water partition coefficient (Wildman–Crippen LogP) is 1.87. The zero-order valence-corrected chi connectivity index (χ0v) is 8.10. The Morgan fingerprint density at radius 2 is 1.92 bits per heavy atom. The van der Waals surface area contributed by atoms with Crippen molar-refractivity contribution in [2.45, 2.75) is 51.5 Å². The topological polar surface area (TPSA) is 43.1 Å². The lowest BCUT2D eigenvalue weighted by Gasteiger charge is -2.24. The van der Waals surface area contributed by atoms with Gasteiger partial charge in [0.15, 0.2) is 5.78 Å². The van der Waals surface area contributed by atoms with Crippen LogP contribution in [0.25, 0.3) is 0 Å². The normalized spacial score (nSPS) is 17.9. The van der Waals surface area contributed by atoms with Crippen LogP contribution in [0.5, 0.6) is 0 Å². The first kappa shape index (κ1) is 9.72. The molecule has 0 bridgehead atoms. The summed E-state index contributed by atoms with van der Waals surface area (Å²) in [7, 11) is 0. The van der Waals surface area contributed by atoms with E-state index < -0.39 is 5.54 Å². The lowest BCUT2D eigenvalue weighted by atomic mass is 9.86. The minimum absolute atomic E-state index is 0.273. The van der Waals surface area contributed by atoms with E-state index in [-0.39, 0.29) is 5.78 Å². The van der Waals surface area contributed by atoms with Crippen molar-refractivity contribution in [1.82, 2.24) is 0 Å². The SMILES string of the molecule is CCC(N)(CC)C(=O)CC1CC1. The standard InChI is InChI=1S/C10H19NO/c1-3-10(11,4-2)9(12)7-8-5-6-8/h8H,3-7,11H2,1-2H3. The van der Waals surface area contributed by atoms with E-state index in [1.54, 1.807) is 0 Å². The molecule has 1 aliphatic carbocycles. The van der Waals surface area contributed by atoms with Crippen molar-refractivity contribution >= 4 is 5.78 Å². The van der Waals surface area contributed by atoms with E-state index in [1.165, 1.54) is 12.8 Å². The van der Waals surface area contributed by atoms with Crippen LogP contribution in [-0.4, -0.2) is 11.3 Å². The molecule has 0 aromatic carbocycles. The van der Waals surface area contributed by atoms with Gasteiger partial charge in [0, 0.05) is 6.42 Å². The lowest BCUT2D eigenvalue weighted by molar-refractivity contribution is -0.124. The summed E-state index contributed by atoms with van der Waals surface area (Å²) in [6.07, 6.45) is 4.73. The van der Waals surface area contributed by atoms with Gasteiger partial charge in [-0.1, -0.05) is 13.8 Å². The fourth-order valence-corrected chi connectivity index (χ4v) is 1.43. The van der Waals surface area contributed by atoms with E-state index in [0.29, 0.717) is 5.92 Å². The highest BCUT2D eigenvalue weighted by Gasteiger charge is 2.34. The zero-order valence-electron chi connectivity index (χ0n) is 8.10. The molecule has 0 aromatic heterocycles. The molecule has 0 aromatic rings. The van der Waals surface area contributed by atoms with Crippen LogP contribution in [0.3, 0.4) is 0 Å². The maximum atomic E-state index is 11.7. The van der Waals surface area contributed by atoms with Gasteiger partial charge in [-0.25, -0.2) is 0 Å². The van der Waals surface area contributed by atoms with E-state index >= 15 is 0 Å². The van der Waals surface area contributed by atoms with Gasteiger partial charge in [0.05, 0.1) is 5.54 Å². The average molecular weight is 169 g/mol. The third kappa shape index (κ3) is 2.07. The van der Waals surface area contributed by atoms with Crippen LogP contribution in [0.15, 0.2) is 0 Å². The molecule has 0 unspecified atom stereocenters. The molecule has 0 spiro atoms. The summed E-state index contributed by atoms with van der Waals surface area (Å²) in [6, 6.07) is 0. The Morgan fingerprint density at radius 1 is 1.42 bits per heavy atom. The summed E-state index contributed by atoms with van der Waals surface area (Å²) in [4.78, 5) is 11.7. The van der Waals surface area contributed by atoms with Gasteiger partial charge in [-0.3, -0.25) is 4.79 Å². The molecule has 2 N–H and O–H groups in total. The van der Waals surface area contributed by atoms with E-state index in [9.17, 15) is 4.79 Å². The third-order valence-corrected chi connectivity index (χ3v) is 2.99. The van der Waals surface area contributed by atoms with Crippen molar-refractivity contribution in [2.75, 3.05) is 0 Å². The fourth-order valence-electron chi connectivity index (χ4n) is 1.43. The summed E-state index contributed by atoms with van der Waals surface area (Å²) < 4.78 is 0. The Hall–Kier alpha value is -0.370. The molecule has 1 fully saturated rings. The molecule has 12 heavy (non-hydrogen) atoms. The zero-order chi connectivity index (χ0) is 9.19.